The zero-order chi connectivity index (χ0) is 24.1. The fourth-order valence-electron chi connectivity index (χ4n) is 3.78. The lowest BCUT2D eigenvalue weighted by atomic mass is 10.1. The molecule has 0 amide bonds. The van der Waals surface area contributed by atoms with Crippen LogP contribution in [0.4, 0.5) is 5.69 Å². The van der Waals surface area contributed by atoms with Gasteiger partial charge in [0.25, 0.3) is 0 Å². The number of nitrogen functional groups attached to an aromatic ring is 1. The van der Waals surface area contributed by atoms with Crippen molar-refractivity contribution in [1.29, 1.82) is 0 Å². The Bertz CT molecular complexity index is 1340. The Balaban J connectivity index is 1.67. The molecule has 178 valence electrons. The summed E-state index contributed by atoms with van der Waals surface area (Å²) in [5, 5.41) is 8.44. The molecule has 2 N–H and O–H groups in total. The molecule has 10 heteroatoms. The molecule has 34 heavy (non-hydrogen) atoms. The highest BCUT2D eigenvalue weighted by Crippen LogP contribution is 2.36. The molecule has 2 heterocycles. The highest BCUT2D eigenvalue weighted by atomic mass is 32.2. The number of rotatable bonds is 10. The Morgan fingerprint density at radius 3 is 2.35 bits per heavy atom. The first-order chi connectivity index (χ1) is 16.4. The fraction of sp³-hybridized carbons (Fsp3) is 0.250. The maximum absolute atomic E-state index is 13.1. The summed E-state index contributed by atoms with van der Waals surface area (Å²) in [6.07, 6.45) is 2.52. The minimum atomic E-state index is -3.52. The molecule has 9 nitrogen and oxygen atoms in total. The van der Waals surface area contributed by atoms with Crippen molar-refractivity contribution in [1.82, 2.24) is 14.8 Å². The number of furan rings is 1. The Kier molecular flexibility index (Phi) is 6.87. The number of ether oxygens (including phenoxy) is 2. The van der Waals surface area contributed by atoms with E-state index in [1.807, 2.05) is 24.3 Å². The molecule has 0 saturated carbocycles. The molecule has 0 bridgehead atoms. The molecule has 0 radical (unpaired) electrons. The first kappa shape index (κ1) is 23.4. The van der Waals surface area contributed by atoms with Crippen LogP contribution in [-0.2, 0) is 22.0 Å². The number of aromatic nitrogens is 3. The van der Waals surface area contributed by atoms with Gasteiger partial charge in [-0.15, -0.1) is 10.2 Å². The van der Waals surface area contributed by atoms with Gasteiger partial charge in [-0.2, -0.15) is 0 Å². The van der Waals surface area contributed by atoms with Crippen molar-refractivity contribution in [2.45, 2.75) is 18.6 Å². The second-order valence-corrected chi connectivity index (χ2v) is 9.84. The molecule has 0 saturated heterocycles. The van der Waals surface area contributed by atoms with Crippen LogP contribution in [0.25, 0.3) is 17.3 Å². The highest BCUT2D eigenvalue weighted by Gasteiger charge is 2.26. The summed E-state index contributed by atoms with van der Waals surface area (Å²) in [5.41, 5.74) is 8.06. The summed E-state index contributed by atoms with van der Waals surface area (Å²) in [6.45, 7) is 0. The van der Waals surface area contributed by atoms with Crippen LogP contribution in [0.15, 0.2) is 65.3 Å². The summed E-state index contributed by atoms with van der Waals surface area (Å²) in [7, 11) is -0.462. The summed E-state index contributed by atoms with van der Waals surface area (Å²) >= 11 is 0. The summed E-state index contributed by atoms with van der Waals surface area (Å²) in [6, 6.07) is 16.2. The van der Waals surface area contributed by atoms with E-state index in [2.05, 4.69) is 10.2 Å². The average Bonchev–Trinajstić information content (AvgIpc) is 3.49. The van der Waals surface area contributed by atoms with E-state index in [1.54, 1.807) is 34.9 Å². The lowest BCUT2D eigenvalue weighted by molar-refractivity contribution is 0.390. The van der Waals surface area contributed by atoms with Crippen molar-refractivity contribution in [3.63, 3.8) is 0 Å². The van der Waals surface area contributed by atoms with Crippen LogP contribution < -0.4 is 15.2 Å². The van der Waals surface area contributed by atoms with Gasteiger partial charge < -0.3 is 19.6 Å². The van der Waals surface area contributed by atoms with Crippen LogP contribution in [-0.4, -0.2) is 43.2 Å². The predicted octanol–water partition coefficient (Wildman–Crippen LogP) is 3.67. The third-order valence-corrected chi connectivity index (χ3v) is 7.01. The Hall–Kier alpha value is -3.79. The fourth-order valence-corrected chi connectivity index (χ4v) is 5.08. The molecular weight excluding hydrogens is 456 g/mol. The molecule has 0 unspecified atom stereocenters. The van der Waals surface area contributed by atoms with Gasteiger partial charge in [0.2, 0.25) is 5.82 Å². The number of nitrogens with two attached hydrogens (primary N) is 1. The van der Waals surface area contributed by atoms with Crippen molar-refractivity contribution in [2.24, 2.45) is 0 Å². The van der Waals surface area contributed by atoms with E-state index in [9.17, 15) is 8.42 Å². The molecule has 4 aromatic rings. The lowest BCUT2D eigenvalue weighted by Crippen LogP contribution is -2.15. The third kappa shape index (κ3) is 4.91. The number of aryl methyl sites for hydroxylation is 1. The summed E-state index contributed by atoms with van der Waals surface area (Å²) < 4.78 is 44.4. The van der Waals surface area contributed by atoms with E-state index in [0.717, 1.165) is 5.56 Å². The third-order valence-electron chi connectivity index (χ3n) is 5.40. The van der Waals surface area contributed by atoms with E-state index in [-0.39, 0.29) is 17.3 Å². The van der Waals surface area contributed by atoms with Crippen molar-refractivity contribution in [3.05, 3.63) is 72.2 Å². The van der Waals surface area contributed by atoms with E-state index < -0.39 is 9.84 Å². The van der Waals surface area contributed by atoms with E-state index in [1.165, 1.54) is 20.5 Å². The summed E-state index contributed by atoms with van der Waals surface area (Å²) in [4.78, 5) is 0. The van der Waals surface area contributed by atoms with Crippen LogP contribution in [0.2, 0.25) is 0 Å². The molecule has 0 aliphatic rings. The average molecular weight is 483 g/mol. The van der Waals surface area contributed by atoms with Crippen LogP contribution in [0.3, 0.4) is 0 Å². The van der Waals surface area contributed by atoms with Gasteiger partial charge in [-0.1, -0.05) is 24.3 Å². The quantitative estimate of drug-likeness (QED) is 0.340. The van der Waals surface area contributed by atoms with Crippen LogP contribution >= 0.6 is 0 Å². The van der Waals surface area contributed by atoms with Crippen molar-refractivity contribution >= 4 is 15.5 Å². The predicted molar refractivity (Wildman–Crippen MR) is 129 cm³/mol. The number of para-hydroxylation sites is 2. The van der Waals surface area contributed by atoms with Gasteiger partial charge >= 0.3 is 0 Å². The number of nitrogens with zero attached hydrogens (tertiary/aromatic N) is 3. The minimum absolute atomic E-state index is 0.0205. The van der Waals surface area contributed by atoms with Crippen LogP contribution in [0.1, 0.15) is 17.8 Å². The molecule has 0 fully saturated rings. The first-order valence-electron chi connectivity index (χ1n) is 10.7. The second kappa shape index (κ2) is 10.0. The van der Waals surface area contributed by atoms with Crippen molar-refractivity contribution < 1.29 is 22.3 Å². The van der Waals surface area contributed by atoms with Crippen LogP contribution in [0, 0.1) is 0 Å². The van der Waals surface area contributed by atoms with E-state index >= 15 is 0 Å². The second-order valence-electron chi connectivity index (χ2n) is 7.66. The number of benzene rings is 2. The molecular formula is C24H26N4O5S. The van der Waals surface area contributed by atoms with Gasteiger partial charge in [-0.3, -0.25) is 4.57 Å². The van der Waals surface area contributed by atoms with Gasteiger partial charge in [-0.25, -0.2) is 8.42 Å². The van der Waals surface area contributed by atoms with Crippen LogP contribution in [0.5, 0.6) is 11.5 Å². The molecule has 0 aliphatic carbocycles. The standard InChI is InChI=1S/C24H26N4O5S/c1-31-19-11-5-12-20(32-2)23(19)28-22(26-27-24(28)21-13-6-14-33-21)16-34(29,30)15-7-9-17-8-3-4-10-18(17)25/h3-6,8,10-14H,7,9,15-16,25H2,1-2H3. The van der Waals surface area contributed by atoms with Crippen molar-refractivity contribution in [2.75, 3.05) is 25.7 Å². The van der Waals surface area contributed by atoms with E-state index in [4.69, 9.17) is 19.6 Å². The van der Waals surface area contributed by atoms with Gasteiger partial charge in [-0.05, 0) is 48.7 Å². The Morgan fingerprint density at radius 1 is 0.971 bits per heavy atom. The highest BCUT2D eigenvalue weighted by molar-refractivity contribution is 7.90. The molecule has 2 aromatic carbocycles. The maximum atomic E-state index is 13.1. The van der Waals surface area contributed by atoms with Gasteiger partial charge in [0.15, 0.2) is 21.4 Å². The number of methoxy groups -OCH3 is 2. The van der Waals surface area contributed by atoms with Crippen molar-refractivity contribution in [3.8, 4) is 28.8 Å². The lowest BCUT2D eigenvalue weighted by Gasteiger charge is -2.16. The maximum Gasteiger partial charge on any atom is 0.204 e. The molecule has 0 atom stereocenters. The Labute approximate surface area is 198 Å². The monoisotopic (exact) mass is 482 g/mol. The zero-order valence-electron chi connectivity index (χ0n) is 19.0. The largest absolute Gasteiger partial charge is 0.494 e. The SMILES string of the molecule is COc1cccc(OC)c1-n1c(CS(=O)(=O)CCCc2ccccc2N)nnc1-c1ccco1. The molecule has 2 aromatic heterocycles. The normalized spacial score (nSPS) is 11.5. The molecule has 0 spiro atoms. The zero-order valence-corrected chi connectivity index (χ0v) is 19.8. The first-order valence-corrected chi connectivity index (χ1v) is 12.5. The number of hydrogen-bond acceptors (Lipinski definition) is 8. The van der Waals surface area contributed by atoms with Gasteiger partial charge in [0.05, 0.1) is 26.2 Å². The summed E-state index contributed by atoms with van der Waals surface area (Å²) in [5.74, 6) is 1.63. The molecule has 4 rings (SSSR count). The topological polar surface area (TPSA) is 122 Å². The van der Waals surface area contributed by atoms with Gasteiger partial charge in [0, 0.05) is 5.69 Å². The minimum Gasteiger partial charge on any atom is -0.494 e. The number of hydrogen-bond donors (Lipinski definition) is 1. The van der Waals surface area contributed by atoms with Gasteiger partial charge in [0.1, 0.15) is 22.9 Å². The smallest absolute Gasteiger partial charge is 0.204 e. The Morgan fingerprint density at radius 2 is 1.71 bits per heavy atom. The number of sulfone groups is 1. The molecule has 0 aliphatic heterocycles. The number of anilines is 1. The van der Waals surface area contributed by atoms with E-state index in [0.29, 0.717) is 47.3 Å².